The molecule has 0 aromatic heterocycles. The van der Waals surface area contributed by atoms with Crippen LogP contribution in [-0.4, -0.2) is 6.03 Å². The largest absolute Gasteiger partial charge is 0.346 e. The molecule has 2 amide bonds. The molecule has 14 heavy (non-hydrogen) atoms. The number of hydrogen-bond acceptors (Lipinski definition) is 1. The van der Waals surface area contributed by atoms with Crippen molar-refractivity contribution in [3.63, 3.8) is 0 Å². The Bertz CT molecular complexity index is 401. The van der Waals surface area contributed by atoms with E-state index in [1.165, 1.54) is 6.07 Å². The monoisotopic (exact) mass is 193 g/mol. The SMILES string of the molecule is CC(C)c1cc2c(cc1F)NC(=O)[N]2. The van der Waals surface area contributed by atoms with Crippen LogP contribution in [0.1, 0.15) is 25.3 Å². The van der Waals surface area contributed by atoms with Gasteiger partial charge in [0, 0.05) is 0 Å². The van der Waals surface area contributed by atoms with Crippen LogP contribution in [0.5, 0.6) is 0 Å². The summed E-state index contributed by atoms with van der Waals surface area (Å²) in [5.41, 5.74) is 1.57. The van der Waals surface area contributed by atoms with Gasteiger partial charge in [0.1, 0.15) is 5.82 Å². The molecule has 1 aliphatic heterocycles. The highest BCUT2D eigenvalue weighted by molar-refractivity contribution is 6.02. The third-order valence-electron chi connectivity index (χ3n) is 2.20. The van der Waals surface area contributed by atoms with Crippen LogP contribution in [0, 0.1) is 5.82 Å². The molecule has 73 valence electrons. The molecule has 1 aromatic rings. The Morgan fingerprint density at radius 3 is 2.79 bits per heavy atom. The number of carbonyl (C=O) groups is 1. The van der Waals surface area contributed by atoms with Gasteiger partial charge in [0.15, 0.2) is 0 Å². The summed E-state index contributed by atoms with van der Waals surface area (Å²) in [6.07, 6.45) is 0. The van der Waals surface area contributed by atoms with E-state index in [1.54, 1.807) is 6.07 Å². The second-order valence-corrected chi connectivity index (χ2v) is 3.59. The number of amides is 2. The Labute approximate surface area is 81.3 Å². The Morgan fingerprint density at radius 2 is 2.14 bits per heavy atom. The minimum absolute atomic E-state index is 0.0891. The fourth-order valence-electron chi connectivity index (χ4n) is 1.47. The quantitative estimate of drug-likeness (QED) is 0.732. The molecule has 0 bridgehead atoms. The summed E-state index contributed by atoms with van der Waals surface area (Å²) in [6, 6.07) is 2.51. The average Bonchev–Trinajstić information content (AvgIpc) is 2.42. The predicted octanol–water partition coefficient (Wildman–Crippen LogP) is 2.73. The van der Waals surface area contributed by atoms with E-state index in [1.807, 2.05) is 13.8 Å². The van der Waals surface area contributed by atoms with Gasteiger partial charge in [0.2, 0.25) is 0 Å². The van der Waals surface area contributed by atoms with Gasteiger partial charge in [0.25, 0.3) is 0 Å². The lowest BCUT2D eigenvalue weighted by Gasteiger charge is -2.08. The fourth-order valence-corrected chi connectivity index (χ4v) is 1.47. The molecule has 0 atom stereocenters. The average molecular weight is 193 g/mol. The van der Waals surface area contributed by atoms with E-state index in [-0.39, 0.29) is 11.7 Å². The predicted molar refractivity (Wildman–Crippen MR) is 51.3 cm³/mol. The molecule has 3 nitrogen and oxygen atoms in total. The summed E-state index contributed by atoms with van der Waals surface area (Å²) in [5, 5.41) is 6.18. The lowest BCUT2D eigenvalue weighted by molar-refractivity contribution is 0.256. The summed E-state index contributed by atoms with van der Waals surface area (Å²) in [6.45, 7) is 3.80. The van der Waals surface area contributed by atoms with E-state index in [4.69, 9.17) is 0 Å². The van der Waals surface area contributed by atoms with Gasteiger partial charge in [-0.1, -0.05) is 13.8 Å². The van der Waals surface area contributed by atoms with Crippen molar-refractivity contribution in [3.8, 4) is 0 Å². The fraction of sp³-hybridized carbons (Fsp3) is 0.300. The highest BCUT2D eigenvalue weighted by Crippen LogP contribution is 2.32. The second-order valence-electron chi connectivity index (χ2n) is 3.59. The molecule has 0 saturated heterocycles. The smallest absolute Gasteiger partial charge is 0.304 e. The minimum atomic E-state index is -0.430. The van der Waals surface area contributed by atoms with Crippen LogP contribution in [0.25, 0.3) is 0 Å². The van der Waals surface area contributed by atoms with Gasteiger partial charge in [-0.3, -0.25) is 0 Å². The van der Waals surface area contributed by atoms with Crippen LogP contribution in [0.15, 0.2) is 12.1 Å². The minimum Gasteiger partial charge on any atom is -0.304 e. The second kappa shape index (κ2) is 2.97. The summed E-state index contributed by atoms with van der Waals surface area (Å²) in [5.74, 6) is -0.206. The van der Waals surface area contributed by atoms with E-state index in [2.05, 4.69) is 10.6 Å². The van der Waals surface area contributed by atoms with Gasteiger partial charge in [-0.15, -0.1) is 0 Å². The molecule has 1 aliphatic rings. The first-order valence-corrected chi connectivity index (χ1v) is 4.44. The van der Waals surface area contributed by atoms with E-state index in [0.29, 0.717) is 16.9 Å². The third kappa shape index (κ3) is 1.32. The molecule has 1 radical (unpaired) electrons. The zero-order valence-corrected chi connectivity index (χ0v) is 7.97. The third-order valence-corrected chi connectivity index (χ3v) is 2.20. The lowest BCUT2D eigenvalue weighted by Crippen LogP contribution is -2.08. The van der Waals surface area contributed by atoms with Gasteiger partial charge >= 0.3 is 6.03 Å². The number of nitrogens with one attached hydrogen (secondary N) is 1. The molecule has 1 aromatic carbocycles. The van der Waals surface area contributed by atoms with Crippen LogP contribution in [0.4, 0.5) is 20.6 Å². The molecular formula is C10H10FN2O. The molecule has 2 rings (SSSR count). The van der Waals surface area contributed by atoms with Crippen molar-refractivity contribution in [1.82, 2.24) is 5.32 Å². The Kier molecular flexibility index (Phi) is 1.91. The zero-order chi connectivity index (χ0) is 10.3. The van der Waals surface area contributed by atoms with E-state index in [9.17, 15) is 9.18 Å². The topological polar surface area (TPSA) is 43.2 Å². The van der Waals surface area contributed by atoms with Crippen molar-refractivity contribution >= 4 is 17.4 Å². The van der Waals surface area contributed by atoms with E-state index < -0.39 is 6.03 Å². The van der Waals surface area contributed by atoms with Crippen LogP contribution < -0.4 is 10.6 Å². The normalized spacial score (nSPS) is 13.9. The number of fused-ring (bicyclic) bond motifs is 1. The Morgan fingerprint density at radius 1 is 1.43 bits per heavy atom. The molecule has 0 aliphatic carbocycles. The molecule has 0 unspecified atom stereocenters. The van der Waals surface area contributed by atoms with Gasteiger partial charge in [-0.05, 0) is 23.6 Å². The molecule has 0 spiro atoms. The highest BCUT2D eigenvalue weighted by atomic mass is 19.1. The maximum absolute atomic E-state index is 13.4. The first kappa shape index (κ1) is 8.99. The van der Waals surface area contributed by atoms with Crippen LogP contribution in [0.2, 0.25) is 0 Å². The number of halogens is 1. The summed E-state index contributed by atoms with van der Waals surface area (Å²) in [7, 11) is 0. The van der Waals surface area contributed by atoms with Crippen LogP contribution in [0.3, 0.4) is 0 Å². The number of hydrogen-bond donors (Lipinski definition) is 1. The van der Waals surface area contributed by atoms with Crippen LogP contribution in [-0.2, 0) is 0 Å². The molecule has 1 heterocycles. The van der Waals surface area contributed by atoms with Gasteiger partial charge < -0.3 is 5.32 Å². The maximum atomic E-state index is 13.4. The molecule has 4 heteroatoms. The molecule has 1 N–H and O–H groups in total. The Balaban J connectivity index is 2.50. The van der Waals surface area contributed by atoms with Crippen molar-refractivity contribution in [2.45, 2.75) is 19.8 Å². The number of rotatable bonds is 1. The standard InChI is InChI=1S/C10H10FN2O/c1-5(2)6-3-8-9(4-7(6)11)13-10(14)12-8/h3-5H,1-2H3,(H,13,14). The van der Waals surface area contributed by atoms with Gasteiger partial charge in [-0.2, -0.15) is 5.32 Å². The van der Waals surface area contributed by atoms with Crippen LogP contribution >= 0.6 is 0 Å². The van der Waals surface area contributed by atoms with Crippen molar-refractivity contribution < 1.29 is 9.18 Å². The van der Waals surface area contributed by atoms with E-state index in [0.717, 1.165) is 0 Å². The first-order chi connectivity index (χ1) is 6.58. The van der Waals surface area contributed by atoms with Crippen molar-refractivity contribution in [2.75, 3.05) is 5.32 Å². The highest BCUT2D eigenvalue weighted by Gasteiger charge is 2.21. The number of anilines is 1. The summed E-state index contributed by atoms with van der Waals surface area (Å²) < 4.78 is 13.4. The number of nitrogens with zero attached hydrogens (tertiary/aromatic N) is 1. The number of benzene rings is 1. The van der Waals surface area contributed by atoms with Crippen molar-refractivity contribution in [2.24, 2.45) is 0 Å². The lowest BCUT2D eigenvalue weighted by atomic mass is 10.0. The zero-order valence-electron chi connectivity index (χ0n) is 7.97. The summed E-state index contributed by atoms with van der Waals surface area (Å²) in [4.78, 5) is 10.9. The molecular weight excluding hydrogens is 183 g/mol. The first-order valence-electron chi connectivity index (χ1n) is 4.44. The number of urea groups is 1. The summed E-state index contributed by atoms with van der Waals surface area (Å²) >= 11 is 0. The van der Waals surface area contributed by atoms with E-state index >= 15 is 0 Å². The molecule has 0 saturated carbocycles. The van der Waals surface area contributed by atoms with Crippen molar-refractivity contribution in [3.05, 3.63) is 23.5 Å². The molecule has 0 fully saturated rings. The van der Waals surface area contributed by atoms with Gasteiger partial charge in [-0.25, -0.2) is 9.18 Å². The Hall–Kier alpha value is -1.58. The maximum Gasteiger partial charge on any atom is 0.346 e. The van der Waals surface area contributed by atoms with Gasteiger partial charge in [0.05, 0.1) is 11.4 Å². The van der Waals surface area contributed by atoms with Crippen molar-refractivity contribution in [1.29, 1.82) is 0 Å². The number of carbonyl (C=O) groups excluding carboxylic acids is 1.